The fourth-order valence-electron chi connectivity index (χ4n) is 3.07. The van der Waals surface area contributed by atoms with Crippen LogP contribution in [0.25, 0.3) is 16.7 Å². The molecule has 0 amide bonds. The van der Waals surface area contributed by atoms with Crippen molar-refractivity contribution in [2.45, 2.75) is 31.7 Å². The first-order valence-corrected chi connectivity index (χ1v) is 10.2. The van der Waals surface area contributed by atoms with E-state index in [1.54, 1.807) is 4.68 Å². The second-order valence-corrected chi connectivity index (χ2v) is 7.53. The quantitative estimate of drug-likeness (QED) is 0.351. The summed E-state index contributed by atoms with van der Waals surface area (Å²) < 4.78 is 12.7. The summed E-state index contributed by atoms with van der Waals surface area (Å²) >= 11 is 1.45. The smallest absolute Gasteiger partial charge is 0.336 e. The Morgan fingerprint density at radius 2 is 1.93 bits per heavy atom. The molecule has 0 unspecified atom stereocenters. The van der Waals surface area contributed by atoms with E-state index < -0.39 is 0 Å². The molecule has 0 saturated heterocycles. The number of para-hydroxylation sites is 2. The summed E-state index contributed by atoms with van der Waals surface area (Å²) in [4.78, 5) is 12.0. The molecule has 0 saturated carbocycles. The minimum absolute atomic E-state index is 0.363. The lowest BCUT2D eigenvalue weighted by molar-refractivity contribution is 0.337. The molecule has 4 rings (SSSR count). The van der Waals surface area contributed by atoms with Crippen LogP contribution in [0, 0.1) is 13.8 Å². The van der Waals surface area contributed by atoms with Crippen LogP contribution in [0.2, 0.25) is 0 Å². The maximum absolute atomic E-state index is 12.0. The van der Waals surface area contributed by atoms with Crippen LogP contribution in [0.4, 0.5) is 0 Å². The average Bonchev–Trinajstić information content (AvgIpc) is 3.16. The van der Waals surface area contributed by atoms with Gasteiger partial charge in [0.05, 0.1) is 6.61 Å². The molecule has 0 atom stereocenters. The highest BCUT2D eigenvalue weighted by molar-refractivity contribution is 7.98. The molecule has 0 radical (unpaired) electrons. The first kappa shape index (κ1) is 19.2. The fraction of sp³-hybridized carbons (Fsp3) is 0.238. The highest BCUT2D eigenvalue weighted by atomic mass is 32.2. The van der Waals surface area contributed by atoms with Gasteiger partial charge in [-0.2, -0.15) is 4.68 Å². The minimum atomic E-state index is -0.363. The van der Waals surface area contributed by atoms with E-state index in [0.717, 1.165) is 27.8 Å². The molecule has 2 heterocycles. The van der Waals surface area contributed by atoms with E-state index in [9.17, 15) is 4.79 Å². The van der Waals surface area contributed by atoms with Crippen LogP contribution in [0.3, 0.4) is 0 Å². The number of ether oxygens (including phenoxy) is 1. The summed E-state index contributed by atoms with van der Waals surface area (Å²) in [5.74, 6) is 1.24. The lowest BCUT2D eigenvalue weighted by Gasteiger charge is -2.11. The lowest BCUT2D eigenvalue weighted by Crippen LogP contribution is -2.04. The molecule has 8 heteroatoms. The zero-order valence-corrected chi connectivity index (χ0v) is 17.2. The van der Waals surface area contributed by atoms with Gasteiger partial charge in [-0.1, -0.05) is 23.9 Å². The fourth-order valence-corrected chi connectivity index (χ4v) is 3.95. The highest BCUT2D eigenvalue weighted by Gasteiger charge is 2.15. The van der Waals surface area contributed by atoms with Crippen molar-refractivity contribution in [2.75, 3.05) is 6.61 Å². The summed E-state index contributed by atoms with van der Waals surface area (Å²) in [6, 6.07) is 13.1. The summed E-state index contributed by atoms with van der Waals surface area (Å²) in [7, 11) is 0. The Bertz CT molecular complexity index is 1230. The molecule has 0 aliphatic rings. The molecule has 0 aliphatic heterocycles. The van der Waals surface area contributed by atoms with Crippen LogP contribution in [0.1, 0.15) is 23.6 Å². The summed E-state index contributed by atoms with van der Waals surface area (Å²) in [6.07, 6.45) is 0. The number of fused-ring (bicyclic) bond motifs is 1. The van der Waals surface area contributed by atoms with E-state index in [1.165, 1.54) is 17.8 Å². The summed E-state index contributed by atoms with van der Waals surface area (Å²) in [5.41, 5.74) is 4.12. The van der Waals surface area contributed by atoms with Crippen molar-refractivity contribution < 1.29 is 9.15 Å². The number of benzene rings is 2. The third-order valence-electron chi connectivity index (χ3n) is 4.64. The molecule has 0 spiro atoms. The van der Waals surface area contributed by atoms with Crippen LogP contribution in [0.5, 0.6) is 5.75 Å². The first-order valence-electron chi connectivity index (χ1n) is 9.24. The standard InChI is InChI=1S/C21H20N4O3S/c1-4-27-18-8-6-5-7-17(18)25-21(22-23-24-25)29-12-15-11-20(26)28-19-10-14(3)13(2)9-16(15)19/h5-11H,4,12H2,1-3H3. The van der Waals surface area contributed by atoms with Crippen molar-refractivity contribution in [3.8, 4) is 11.4 Å². The molecule has 0 fully saturated rings. The Morgan fingerprint density at radius 3 is 2.76 bits per heavy atom. The van der Waals surface area contributed by atoms with Crippen LogP contribution in [-0.2, 0) is 5.75 Å². The predicted molar refractivity (Wildman–Crippen MR) is 112 cm³/mol. The van der Waals surface area contributed by atoms with Gasteiger partial charge in [-0.15, -0.1) is 5.10 Å². The minimum Gasteiger partial charge on any atom is -0.492 e. The number of aryl methyl sites for hydroxylation is 2. The Labute approximate surface area is 171 Å². The zero-order valence-electron chi connectivity index (χ0n) is 16.4. The number of hydrogen-bond donors (Lipinski definition) is 0. The average molecular weight is 408 g/mol. The number of tetrazole rings is 1. The van der Waals surface area contributed by atoms with Crippen molar-refractivity contribution in [1.29, 1.82) is 0 Å². The Hall–Kier alpha value is -3.13. The van der Waals surface area contributed by atoms with Gasteiger partial charge in [-0.3, -0.25) is 0 Å². The molecule has 148 valence electrons. The first-order chi connectivity index (χ1) is 14.1. The van der Waals surface area contributed by atoms with Crippen molar-refractivity contribution in [1.82, 2.24) is 20.2 Å². The number of rotatable bonds is 6. The van der Waals surface area contributed by atoms with Crippen LogP contribution < -0.4 is 10.4 Å². The van der Waals surface area contributed by atoms with Gasteiger partial charge in [-0.25, -0.2) is 4.79 Å². The van der Waals surface area contributed by atoms with Gasteiger partial charge < -0.3 is 9.15 Å². The van der Waals surface area contributed by atoms with Gasteiger partial charge in [0.15, 0.2) is 0 Å². The molecule has 0 N–H and O–H groups in total. The molecule has 29 heavy (non-hydrogen) atoms. The lowest BCUT2D eigenvalue weighted by atomic mass is 10.0. The number of aromatic nitrogens is 4. The second kappa shape index (κ2) is 8.08. The van der Waals surface area contributed by atoms with E-state index in [2.05, 4.69) is 21.6 Å². The zero-order chi connectivity index (χ0) is 20.4. The molecular weight excluding hydrogens is 388 g/mol. The highest BCUT2D eigenvalue weighted by Crippen LogP contribution is 2.30. The van der Waals surface area contributed by atoms with Crippen LogP contribution in [0.15, 0.2) is 56.8 Å². The van der Waals surface area contributed by atoms with Crippen molar-refractivity contribution in [2.24, 2.45) is 0 Å². The van der Waals surface area contributed by atoms with E-state index >= 15 is 0 Å². The van der Waals surface area contributed by atoms with E-state index in [4.69, 9.17) is 9.15 Å². The Morgan fingerprint density at radius 1 is 1.14 bits per heavy atom. The largest absolute Gasteiger partial charge is 0.492 e. The molecule has 0 bridgehead atoms. The third-order valence-corrected chi connectivity index (χ3v) is 5.60. The second-order valence-electron chi connectivity index (χ2n) is 6.59. The van der Waals surface area contributed by atoms with Gasteiger partial charge in [0, 0.05) is 17.2 Å². The predicted octanol–water partition coefficient (Wildman–Crippen LogP) is 4.08. The van der Waals surface area contributed by atoms with Gasteiger partial charge in [-0.05, 0) is 72.2 Å². The van der Waals surface area contributed by atoms with Crippen LogP contribution >= 0.6 is 11.8 Å². The van der Waals surface area contributed by atoms with Crippen molar-refractivity contribution in [3.05, 3.63) is 69.6 Å². The van der Waals surface area contributed by atoms with Gasteiger partial charge >= 0.3 is 5.63 Å². The van der Waals surface area contributed by atoms with Crippen molar-refractivity contribution in [3.63, 3.8) is 0 Å². The third kappa shape index (κ3) is 3.88. The molecular formula is C21H20N4O3S. The monoisotopic (exact) mass is 408 g/mol. The van der Waals surface area contributed by atoms with E-state index in [-0.39, 0.29) is 5.63 Å². The normalized spacial score (nSPS) is 11.1. The molecule has 2 aromatic carbocycles. The maximum Gasteiger partial charge on any atom is 0.336 e. The molecule has 0 aliphatic carbocycles. The van der Waals surface area contributed by atoms with E-state index in [0.29, 0.717) is 28.8 Å². The summed E-state index contributed by atoms with van der Waals surface area (Å²) in [5, 5.41) is 13.6. The SMILES string of the molecule is CCOc1ccccc1-n1nnnc1SCc1cc(=O)oc2cc(C)c(C)cc12. The number of thioether (sulfide) groups is 1. The topological polar surface area (TPSA) is 83.0 Å². The maximum atomic E-state index is 12.0. The molecule has 7 nitrogen and oxygen atoms in total. The van der Waals surface area contributed by atoms with Gasteiger partial charge in [0.2, 0.25) is 5.16 Å². The Kier molecular flexibility index (Phi) is 5.35. The van der Waals surface area contributed by atoms with Gasteiger partial charge in [0.25, 0.3) is 0 Å². The molecule has 2 aromatic heterocycles. The summed E-state index contributed by atoms with van der Waals surface area (Å²) in [6.45, 7) is 6.52. The van der Waals surface area contributed by atoms with Gasteiger partial charge in [0.1, 0.15) is 17.0 Å². The van der Waals surface area contributed by atoms with E-state index in [1.807, 2.05) is 51.1 Å². The van der Waals surface area contributed by atoms with Crippen molar-refractivity contribution >= 4 is 22.7 Å². The number of hydrogen-bond acceptors (Lipinski definition) is 7. The Balaban J connectivity index is 1.68. The van der Waals surface area contributed by atoms with Crippen LogP contribution in [-0.4, -0.2) is 26.8 Å². The molecule has 4 aromatic rings. The number of nitrogens with zero attached hydrogens (tertiary/aromatic N) is 4.